The minimum Gasteiger partial charge on any atom is -0.489 e. The minimum absolute atomic E-state index is 0.177. The average molecular weight is 437 g/mol. The van der Waals surface area contributed by atoms with E-state index in [1.54, 1.807) is 0 Å². The maximum absolute atomic E-state index is 13.4. The lowest BCUT2D eigenvalue weighted by molar-refractivity contribution is 0.305. The van der Waals surface area contributed by atoms with Gasteiger partial charge in [0.15, 0.2) is 5.75 Å². The number of aromatic nitrogens is 2. The molecule has 1 aliphatic rings. The summed E-state index contributed by atoms with van der Waals surface area (Å²) in [4.78, 5) is 8.77. The molecule has 0 bridgehead atoms. The summed E-state index contributed by atoms with van der Waals surface area (Å²) in [5.74, 6) is 1.70. The van der Waals surface area contributed by atoms with Crippen LogP contribution in [-0.4, -0.2) is 23.1 Å². The maximum Gasteiger partial charge on any atom is 0.155 e. The van der Waals surface area contributed by atoms with Crippen molar-refractivity contribution in [3.05, 3.63) is 77.3 Å². The molecule has 5 rings (SSSR count). The predicted octanol–water partition coefficient (Wildman–Crippen LogP) is 5.55. The number of benzene rings is 3. The van der Waals surface area contributed by atoms with Gasteiger partial charge in [-0.05, 0) is 54.6 Å². The van der Waals surface area contributed by atoms with E-state index in [2.05, 4.69) is 20.6 Å². The van der Waals surface area contributed by atoms with Gasteiger partial charge >= 0.3 is 0 Å². The van der Waals surface area contributed by atoms with Crippen molar-refractivity contribution in [2.75, 3.05) is 23.8 Å². The SMILES string of the molecule is Fc1ccc(Cl)c(COc2ccc(Nc3ncnc4ccc5c(c34)OCCN5)cc2)c1. The summed E-state index contributed by atoms with van der Waals surface area (Å²) in [6, 6.07) is 15.5. The smallest absolute Gasteiger partial charge is 0.155 e. The normalized spacial score (nSPS) is 12.6. The number of rotatable bonds is 5. The van der Waals surface area contributed by atoms with Crippen LogP contribution in [0.1, 0.15) is 5.56 Å². The summed E-state index contributed by atoms with van der Waals surface area (Å²) in [5.41, 5.74) is 3.15. The zero-order valence-corrected chi connectivity index (χ0v) is 17.1. The quantitative estimate of drug-likeness (QED) is 0.427. The highest BCUT2D eigenvalue weighted by Crippen LogP contribution is 2.39. The molecule has 0 fully saturated rings. The van der Waals surface area contributed by atoms with E-state index in [9.17, 15) is 4.39 Å². The van der Waals surface area contributed by atoms with E-state index in [0.717, 1.165) is 34.6 Å². The minimum atomic E-state index is -0.346. The number of nitrogens with one attached hydrogen (secondary N) is 2. The van der Waals surface area contributed by atoms with Crippen LogP contribution in [0.25, 0.3) is 10.9 Å². The zero-order chi connectivity index (χ0) is 21.2. The van der Waals surface area contributed by atoms with Crippen molar-refractivity contribution in [2.24, 2.45) is 0 Å². The summed E-state index contributed by atoms with van der Waals surface area (Å²) in [5, 5.41) is 7.95. The van der Waals surface area contributed by atoms with Gasteiger partial charge in [-0.25, -0.2) is 14.4 Å². The number of fused-ring (bicyclic) bond motifs is 3. The predicted molar refractivity (Wildman–Crippen MR) is 119 cm³/mol. The Morgan fingerprint density at radius 3 is 2.84 bits per heavy atom. The number of nitrogens with zero attached hydrogens (tertiary/aromatic N) is 2. The van der Waals surface area contributed by atoms with E-state index in [-0.39, 0.29) is 12.4 Å². The third kappa shape index (κ3) is 4.04. The van der Waals surface area contributed by atoms with E-state index in [1.165, 1.54) is 24.5 Å². The van der Waals surface area contributed by atoms with Crippen LogP contribution in [0.5, 0.6) is 11.5 Å². The second kappa shape index (κ2) is 8.28. The molecule has 2 N–H and O–H groups in total. The molecule has 0 amide bonds. The Morgan fingerprint density at radius 2 is 1.97 bits per heavy atom. The van der Waals surface area contributed by atoms with Crippen LogP contribution in [0, 0.1) is 5.82 Å². The molecule has 0 atom stereocenters. The Morgan fingerprint density at radius 1 is 1.10 bits per heavy atom. The molecule has 0 radical (unpaired) electrons. The third-order valence-electron chi connectivity index (χ3n) is 4.94. The van der Waals surface area contributed by atoms with Crippen LogP contribution in [0.3, 0.4) is 0 Å². The first-order valence-corrected chi connectivity index (χ1v) is 10.1. The number of ether oxygens (including phenoxy) is 2. The molecule has 156 valence electrons. The Bertz CT molecular complexity index is 1250. The lowest BCUT2D eigenvalue weighted by Crippen LogP contribution is -2.18. The van der Waals surface area contributed by atoms with Crippen molar-refractivity contribution < 1.29 is 13.9 Å². The molecular formula is C23H18ClFN4O2. The number of hydrogen-bond donors (Lipinski definition) is 2. The third-order valence-corrected chi connectivity index (χ3v) is 5.31. The van der Waals surface area contributed by atoms with Gasteiger partial charge in [0.1, 0.15) is 36.9 Å². The van der Waals surface area contributed by atoms with Gasteiger partial charge in [-0.15, -0.1) is 0 Å². The standard InChI is InChI=1S/C23H18ClFN4O2/c24-18-6-1-15(25)11-14(18)12-31-17-4-2-16(3-5-17)29-23-21-19(27-13-28-23)7-8-20-22(21)30-10-9-26-20/h1-8,11,13,26H,9-10,12H2,(H,27,28,29). The van der Waals surface area contributed by atoms with Crippen LogP contribution < -0.4 is 20.1 Å². The number of hydrogen-bond acceptors (Lipinski definition) is 6. The van der Waals surface area contributed by atoms with Crippen LogP contribution in [-0.2, 0) is 6.61 Å². The van der Waals surface area contributed by atoms with E-state index < -0.39 is 0 Å². The Kier molecular flexibility index (Phi) is 5.18. The fraction of sp³-hybridized carbons (Fsp3) is 0.130. The van der Waals surface area contributed by atoms with E-state index in [0.29, 0.717) is 28.8 Å². The summed E-state index contributed by atoms with van der Waals surface area (Å²) >= 11 is 6.09. The fourth-order valence-corrected chi connectivity index (χ4v) is 3.60. The van der Waals surface area contributed by atoms with Gasteiger partial charge in [0.2, 0.25) is 0 Å². The highest BCUT2D eigenvalue weighted by molar-refractivity contribution is 6.31. The van der Waals surface area contributed by atoms with Crippen molar-refractivity contribution in [1.29, 1.82) is 0 Å². The van der Waals surface area contributed by atoms with Crippen LogP contribution in [0.2, 0.25) is 5.02 Å². The van der Waals surface area contributed by atoms with Crippen molar-refractivity contribution >= 4 is 39.7 Å². The molecule has 2 heterocycles. The van der Waals surface area contributed by atoms with Crippen LogP contribution in [0.15, 0.2) is 60.9 Å². The van der Waals surface area contributed by atoms with Gasteiger partial charge in [0, 0.05) is 22.8 Å². The molecule has 0 saturated heterocycles. The molecule has 0 aliphatic carbocycles. The summed E-state index contributed by atoms with van der Waals surface area (Å²) < 4.78 is 25.0. The number of halogens is 2. The van der Waals surface area contributed by atoms with E-state index in [4.69, 9.17) is 21.1 Å². The lowest BCUT2D eigenvalue weighted by Gasteiger charge is -2.21. The lowest BCUT2D eigenvalue weighted by atomic mass is 10.1. The average Bonchev–Trinajstić information content (AvgIpc) is 2.80. The Balaban J connectivity index is 1.35. The molecule has 31 heavy (non-hydrogen) atoms. The molecule has 3 aromatic carbocycles. The van der Waals surface area contributed by atoms with Crippen molar-refractivity contribution in [3.8, 4) is 11.5 Å². The zero-order valence-electron chi connectivity index (χ0n) is 16.4. The largest absolute Gasteiger partial charge is 0.489 e. The monoisotopic (exact) mass is 436 g/mol. The fourth-order valence-electron chi connectivity index (χ4n) is 3.43. The van der Waals surface area contributed by atoms with Gasteiger partial charge in [-0.2, -0.15) is 0 Å². The molecule has 0 unspecified atom stereocenters. The van der Waals surface area contributed by atoms with Gasteiger partial charge in [0.05, 0.1) is 16.6 Å². The molecule has 0 saturated carbocycles. The molecule has 0 spiro atoms. The van der Waals surface area contributed by atoms with Gasteiger partial charge in [-0.1, -0.05) is 11.6 Å². The first-order valence-electron chi connectivity index (χ1n) is 9.75. The Labute approximate surface area is 183 Å². The highest BCUT2D eigenvalue weighted by atomic mass is 35.5. The van der Waals surface area contributed by atoms with E-state index >= 15 is 0 Å². The summed E-state index contributed by atoms with van der Waals surface area (Å²) in [6.45, 7) is 1.52. The van der Waals surface area contributed by atoms with Crippen molar-refractivity contribution in [3.63, 3.8) is 0 Å². The van der Waals surface area contributed by atoms with Crippen molar-refractivity contribution in [2.45, 2.75) is 6.61 Å². The van der Waals surface area contributed by atoms with Gasteiger partial charge in [-0.3, -0.25) is 0 Å². The van der Waals surface area contributed by atoms with Crippen molar-refractivity contribution in [1.82, 2.24) is 9.97 Å². The molecule has 1 aromatic heterocycles. The Hall–Kier alpha value is -3.58. The highest BCUT2D eigenvalue weighted by Gasteiger charge is 2.17. The summed E-state index contributed by atoms with van der Waals surface area (Å²) in [6.07, 6.45) is 1.52. The second-order valence-corrected chi connectivity index (χ2v) is 7.41. The molecule has 1 aliphatic heterocycles. The molecular weight excluding hydrogens is 419 g/mol. The van der Waals surface area contributed by atoms with Crippen LogP contribution in [0.4, 0.5) is 21.6 Å². The molecule has 4 aromatic rings. The maximum atomic E-state index is 13.4. The summed E-state index contributed by atoms with van der Waals surface area (Å²) in [7, 11) is 0. The van der Waals surface area contributed by atoms with E-state index in [1.807, 2.05) is 36.4 Å². The first kappa shape index (κ1) is 19.4. The van der Waals surface area contributed by atoms with Gasteiger partial charge < -0.3 is 20.1 Å². The molecule has 8 heteroatoms. The second-order valence-electron chi connectivity index (χ2n) is 7.01. The van der Waals surface area contributed by atoms with Crippen LogP contribution >= 0.6 is 11.6 Å². The van der Waals surface area contributed by atoms with Gasteiger partial charge in [0.25, 0.3) is 0 Å². The number of anilines is 3. The topological polar surface area (TPSA) is 68.3 Å². The first-order chi connectivity index (χ1) is 15.2. The molecule has 6 nitrogen and oxygen atoms in total.